The van der Waals surface area contributed by atoms with Crippen LogP contribution >= 0.6 is 0 Å². The summed E-state index contributed by atoms with van der Waals surface area (Å²) in [6.45, 7) is 10.2. The van der Waals surface area contributed by atoms with Crippen molar-refractivity contribution < 1.29 is 5.11 Å². The summed E-state index contributed by atoms with van der Waals surface area (Å²) in [7, 11) is 0. The third-order valence-electron chi connectivity index (χ3n) is 4.14. The normalized spacial score (nSPS) is 28.9. The van der Waals surface area contributed by atoms with E-state index in [0.29, 0.717) is 24.0 Å². The van der Waals surface area contributed by atoms with E-state index < -0.39 is 0 Å². The molecular formula is C13H28N2O. The van der Waals surface area contributed by atoms with Gasteiger partial charge in [0.25, 0.3) is 0 Å². The molecule has 0 bridgehead atoms. The van der Waals surface area contributed by atoms with Crippen LogP contribution in [0.2, 0.25) is 0 Å². The zero-order chi connectivity index (χ0) is 12.2. The lowest BCUT2D eigenvalue weighted by Gasteiger charge is -2.30. The maximum Gasteiger partial charge on any atom is 0.0443 e. The SMILES string of the molecule is CCN(CCCO)CC1CCC(C)(C)C1N. The van der Waals surface area contributed by atoms with Gasteiger partial charge in [0.1, 0.15) is 0 Å². The third-order valence-corrected chi connectivity index (χ3v) is 4.14. The first kappa shape index (κ1) is 13.9. The van der Waals surface area contributed by atoms with Crippen LogP contribution in [0.15, 0.2) is 0 Å². The standard InChI is InChI=1S/C13H28N2O/c1-4-15(8-5-9-16)10-11-6-7-13(2,3)12(11)14/h11-12,16H,4-10,14H2,1-3H3. The van der Waals surface area contributed by atoms with Crippen LogP contribution in [0.5, 0.6) is 0 Å². The Morgan fingerprint density at radius 3 is 2.56 bits per heavy atom. The molecule has 0 radical (unpaired) electrons. The topological polar surface area (TPSA) is 49.5 Å². The smallest absolute Gasteiger partial charge is 0.0443 e. The zero-order valence-corrected chi connectivity index (χ0v) is 11.1. The van der Waals surface area contributed by atoms with Crippen molar-refractivity contribution in [3.63, 3.8) is 0 Å². The Bertz CT molecular complexity index is 206. The van der Waals surface area contributed by atoms with Gasteiger partial charge in [-0.05, 0) is 37.1 Å². The van der Waals surface area contributed by atoms with E-state index >= 15 is 0 Å². The Morgan fingerprint density at radius 1 is 1.44 bits per heavy atom. The molecule has 3 nitrogen and oxygen atoms in total. The van der Waals surface area contributed by atoms with Crippen LogP contribution in [0, 0.1) is 11.3 Å². The number of aliphatic hydroxyl groups excluding tert-OH is 1. The fourth-order valence-electron chi connectivity index (χ4n) is 2.75. The number of rotatable bonds is 6. The molecule has 1 rings (SSSR count). The molecule has 3 N–H and O–H groups in total. The van der Waals surface area contributed by atoms with Crippen molar-refractivity contribution in [2.75, 3.05) is 26.2 Å². The largest absolute Gasteiger partial charge is 0.396 e. The molecule has 3 heteroatoms. The van der Waals surface area contributed by atoms with Gasteiger partial charge in [0.15, 0.2) is 0 Å². The Hall–Kier alpha value is -0.120. The van der Waals surface area contributed by atoms with Crippen LogP contribution in [0.25, 0.3) is 0 Å². The van der Waals surface area contributed by atoms with E-state index in [1.165, 1.54) is 12.8 Å². The van der Waals surface area contributed by atoms with Crippen LogP contribution in [0.1, 0.15) is 40.0 Å². The highest BCUT2D eigenvalue weighted by atomic mass is 16.3. The van der Waals surface area contributed by atoms with Gasteiger partial charge in [-0.2, -0.15) is 0 Å². The van der Waals surface area contributed by atoms with Gasteiger partial charge in [-0.3, -0.25) is 0 Å². The molecule has 0 amide bonds. The van der Waals surface area contributed by atoms with Gasteiger partial charge in [0, 0.05) is 25.7 Å². The Balaban J connectivity index is 2.41. The van der Waals surface area contributed by atoms with Crippen LogP contribution in [-0.4, -0.2) is 42.3 Å². The highest BCUT2D eigenvalue weighted by Gasteiger charge is 2.39. The number of aliphatic hydroxyl groups is 1. The molecule has 0 aliphatic heterocycles. The molecule has 1 aliphatic carbocycles. The summed E-state index contributed by atoms with van der Waals surface area (Å²) in [6, 6.07) is 0.329. The van der Waals surface area contributed by atoms with Crippen molar-refractivity contribution in [3.8, 4) is 0 Å². The second-order valence-electron chi connectivity index (χ2n) is 5.78. The van der Waals surface area contributed by atoms with Crippen molar-refractivity contribution in [1.82, 2.24) is 4.90 Å². The number of nitrogens with zero attached hydrogens (tertiary/aromatic N) is 1. The minimum Gasteiger partial charge on any atom is -0.396 e. The number of hydrogen-bond donors (Lipinski definition) is 2. The van der Waals surface area contributed by atoms with Gasteiger partial charge < -0.3 is 15.7 Å². The van der Waals surface area contributed by atoms with Crippen molar-refractivity contribution in [3.05, 3.63) is 0 Å². The average molecular weight is 228 g/mol. The number of hydrogen-bond acceptors (Lipinski definition) is 3. The molecule has 0 aromatic heterocycles. The summed E-state index contributed by atoms with van der Waals surface area (Å²) >= 11 is 0. The summed E-state index contributed by atoms with van der Waals surface area (Å²) in [5.41, 5.74) is 6.62. The molecule has 16 heavy (non-hydrogen) atoms. The van der Waals surface area contributed by atoms with Crippen LogP contribution in [0.4, 0.5) is 0 Å². The van der Waals surface area contributed by atoms with E-state index in [1.807, 2.05) is 0 Å². The highest BCUT2D eigenvalue weighted by molar-refractivity contribution is 4.95. The van der Waals surface area contributed by atoms with Gasteiger partial charge in [0.05, 0.1) is 0 Å². The lowest BCUT2D eigenvalue weighted by molar-refractivity contribution is 0.191. The van der Waals surface area contributed by atoms with E-state index in [2.05, 4.69) is 25.7 Å². The molecular weight excluding hydrogens is 200 g/mol. The summed E-state index contributed by atoms with van der Waals surface area (Å²) in [4.78, 5) is 2.42. The van der Waals surface area contributed by atoms with Crippen molar-refractivity contribution in [2.24, 2.45) is 17.1 Å². The zero-order valence-electron chi connectivity index (χ0n) is 11.1. The third kappa shape index (κ3) is 3.44. The first-order chi connectivity index (χ1) is 7.51. The molecule has 2 unspecified atom stereocenters. The van der Waals surface area contributed by atoms with E-state index in [4.69, 9.17) is 10.8 Å². The second kappa shape index (κ2) is 5.99. The van der Waals surface area contributed by atoms with E-state index in [1.54, 1.807) is 0 Å². The van der Waals surface area contributed by atoms with Gasteiger partial charge in [-0.1, -0.05) is 20.8 Å². The lowest BCUT2D eigenvalue weighted by Crippen LogP contribution is -2.42. The van der Waals surface area contributed by atoms with Gasteiger partial charge in [-0.25, -0.2) is 0 Å². The predicted molar refractivity (Wildman–Crippen MR) is 68.3 cm³/mol. The van der Waals surface area contributed by atoms with Crippen molar-refractivity contribution >= 4 is 0 Å². The van der Waals surface area contributed by atoms with E-state index in [-0.39, 0.29) is 0 Å². The van der Waals surface area contributed by atoms with Crippen LogP contribution in [-0.2, 0) is 0 Å². The van der Waals surface area contributed by atoms with E-state index in [0.717, 1.165) is 26.1 Å². The monoisotopic (exact) mass is 228 g/mol. The molecule has 0 heterocycles. The first-order valence-corrected chi connectivity index (χ1v) is 6.60. The highest BCUT2D eigenvalue weighted by Crippen LogP contribution is 2.40. The molecule has 1 fully saturated rings. The Kier molecular flexibility index (Phi) is 5.22. The molecule has 1 aliphatic rings. The molecule has 1 saturated carbocycles. The lowest BCUT2D eigenvalue weighted by atomic mass is 9.85. The van der Waals surface area contributed by atoms with Gasteiger partial charge in [0.2, 0.25) is 0 Å². The maximum absolute atomic E-state index is 8.86. The molecule has 0 saturated heterocycles. The molecule has 0 aromatic rings. The molecule has 96 valence electrons. The van der Waals surface area contributed by atoms with Gasteiger partial charge >= 0.3 is 0 Å². The summed E-state index contributed by atoms with van der Waals surface area (Å²) < 4.78 is 0. The predicted octanol–water partition coefficient (Wildman–Crippen LogP) is 1.45. The van der Waals surface area contributed by atoms with Crippen LogP contribution < -0.4 is 5.73 Å². The minimum atomic E-state index is 0.290. The molecule has 0 spiro atoms. The fraction of sp³-hybridized carbons (Fsp3) is 1.00. The molecule has 0 aromatic carbocycles. The number of nitrogens with two attached hydrogens (primary N) is 1. The Labute approximate surface area is 100 Å². The van der Waals surface area contributed by atoms with Crippen molar-refractivity contribution in [2.45, 2.75) is 46.1 Å². The van der Waals surface area contributed by atoms with Gasteiger partial charge in [-0.15, -0.1) is 0 Å². The quantitative estimate of drug-likeness (QED) is 0.723. The van der Waals surface area contributed by atoms with Crippen LogP contribution in [0.3, 0.4) is 0 Å². The van der Waals surface area contributed by atoms with E-state index in [9.17, 15) is 0 Å². The second-order valence-corrected chi connectivity index (χ2v) is 5.78. The maximum atomic E-state index is 8.86. The summed E-state index contributed by atoms with van der Waals surface area (Å²) in [5, 5.41) is 8.86. The summed E-state index contributed by atoms with van der Waals surface area (Å²) in [6.07, 6.45) is 3.37. The Morgan fingerprint density at radius 2 is 2.12 bits per heavy atom. The summed E-state index contributed by atoms with van der Waals surface area (Å²) in [5.74, 6) is 0.633. The fourth-order valence-corrected chi connectivity index (χ4v) is 2.75. The first-order valence-electron chi connectivity index (χ1n) is 6.60. The average Bonchev–Trinajstić information content (AvgIpc) is 2.50. The minimum absolute atomic E-state index is 0.290. The molecule has 2 atom stereocenters. The van der Waals surface area contributed by atoms with Crippen molar-refractivity contribution in [1.29, 1.82) is 0 Å².